The Hall–Kier alpha value is -0.810. The van der Waals surface area contributed by atoms with E-state index >= 15 is 0 Å². The van der Waals surface area contributed by atoms with Crippen LogP contribution in [0.25, 0.3) is 5.52 Å². The lowest BCUT2D eigenvalue weighted by atomic mass is 10.4. The highest BCUT2D eigenvalue weighted by molar-refractivity contribution is 7.99. The normalized spacial score (nSPS) is 10.7. The molecular formula is C9H10N3S2+. The number of fused-ring (bicyclic) bond motifs is 1. The van der Waals surface area contributed by atoms with E-state index in [9.17, 15) is 0 Å². The van der Waals surface area contributed by atoms with Crippen LogP contribution in [0.3, 0.4) is 0 Å². The van der Waals surface area contributed by atoms with Gasteiger partial charge in [-0.05, 0) is 23.1 Å². The van der Waals surface area contributed by atoms with E-state index in [4.69, 9.17) is 0 Å². The maximum Gasteiger partial charge on any atom is 0.270 e. The van der Waals surface area contributed by atoms with Gasteiger partial charge in [0.15, 0.2) is 5.03 Å². The Labute approximate surface area is 90.9 Å². The Bertz CT molecular complexity index is 459. The van der Waals surface area contributed by atoms with Crippen molar-refractivity contribution in [3.63, 3.8) is 0 Å². The maximum atomic E-state index is 4.43. The molecule has 0 aromatic carbocycles. The molecule has 0 atom stereocenters. The largest absolute Gasteiger partial charge is 0.270 e. The highest BCUT2D eigenvalue weighted by atomic mass is 32.2. The Morgan fingerprint density at radius 1 is 1.21 bits per heavy atom. The van der Waals surface area contributed by atoms with Crippen molar-refractivity contribution in [3.05, 3.63) is 24.4 Å². The summed E-state index contributed by atoms with van der Waals surface area (Å²) in [6, 6.07) is 5.99. The predicted octanol–water partition coefficient (Wildman–Crippen LogP) is 1.66. The second-order valence-electron chi connectivity index (χ2n) is 2.64. The average Bonchev–Trinajstić information content (AvgIpc) is 2.27. The molecule has 2 aromatic rings. The van der Waals surface area contributed by atoms with Crippen LogP contribution in [0.2, 0.25) is 0 Å². The smallest absolute Gasteiger partial charge is 0.204 e. The molecule has 0 radical (unpaired) electrons. The molecule has 14 heavy (non-hydrogen) atoms. The zero-order valence-electron chi connectivity index (χ0n) is 7.97. The molecule has 0 amide bonds. The number of nitrogens with zero attached hydrogens (tertiary/aromatic N) is 3. The van der Waals surface area contributed by atoms with E-state index in [-0.39, 0.29) is 0 Å². The van der Waals surface area contributed by atoms with E-state index in [1.807, 2.05) is 41.4 Å². The monoisotopic (exact) mass is 224 g/mol. The van der Waals surface area contributed by atoms with Crippen LogP contribution >= 0.6 is 23.5 Å². The van der Waals surface area contributed by atoms with Crippen LogP contribution in [0.4, 0.5) is 0 Å². The number of rotatable bonds is 2. The Kier molecular flexibility index (Phi) is 2.88. The molecule has 0 aliphatic rings. The molecule has 72 valence electrons. The van der Waals surface area contributed by atoms with Gasteiger partial charge in [-0.2, -0.15) is 0 Å². The van der Waals surface area contributed by atoms with Gasteiger partial charge in [-0.25, -0.2) is 4.98 Å². The third-order valence-electron chi connectivity index (χ3n) is 1.82. The first-order chi connectivity index (χ1) is 6.85. The SMILES string of the molecule is CSc1nc(SC)c2cccc[n+]2n1. The van der Waals surface area contributed by atoms with Crippen LogP contribution in [-0.2, 0) is 0 Å². The van der Waals surface area contributed by atoms with Gasteiger partial charge in [-0.1, -0.05) is 11.8 Å². The summed E-state index contributed by atoms with van der Waals surface area (Å²) in [5, 5.41) is 6.18. The predicted molar refractivity (Wildman–Crippen MR) is 58.8 cm³/mol. The van der Waals surface area contributed by atoms with Gasteiger partial charge in [0.05, 0.1) is 0 Å². The minimum absolute atomic E-state index is 0.804. The first-order valence-electron chi connectivity index (χ1n) is 4.12. The lowest BCUT2D eigenvalue weighted by Crippen LogP contribution is -2.28. The quantitative estimate of drug-likeness (QED) is 0.573. The molecule has 0 aliphatic carbocycles. The second-order valence-corrected chi connectivity index (χ2v) is 4.21. The van der Waals surface area contributed by atoms with Crippen molar-refractivity contribution in [3.8, 4) is 0 Å². The molecule has 0 spiro atoms. The molecule has 0 saturated heterocycles. The number of pyridine rings is 1. The second kappa shape index (κ2) is 4.14. The van der Waals surface area contributed by atoms with Crippen molar-refractivity contribution < 1.29 is 4.52 Å². The zero-order valence-corrected chi connectivity index (χ0v) is 9.60. The van der Waals surface area contributed by atoms with Gasteiger partial charge in [0.1, 0.15) is 0 Å². The van der Waals surface area contributed by atoms with Gasteiger partial charge in [0, 0.05) is 17.2 Å². The fourth-order valence-corrected chi connectivity index (χ4v) is 2.14. The molecule has 0 bridgehead atoms. The van der Waals surface area contributed by atoms with E-state index in [0.29, 0.717) is 0 Å². The van der Waals surface area contributed by atoms with E-state index in [2.05, 4.69) is 10.1 Å². The molecule has 2 heterocycles. The van der Waals surface area contributed by atoms with E-state index < -0.39 is 0 Å². The van der Waals surface area contributed by atoms with Crippen molar-refractivity contribution in [2.75, 3.05) is 12.5 Å². The topological polar surface area (TPSA) is 29.9 Å². The van der Waals surface area contributed by atoms with Crippen molar-refractivity contribution in [2.24, 2.45) is 0 Å². The molecule has 2 rings (SSSR count). The minimum Gasteiger partial charge on any atom is -0.204 e. The van der Waals surface area contributed by atoms with Crippen LogP contribution in [0.1, 0.15) is 0 Å². The molecule has 0 unspecified atom stereocenters. The molecule has 2 aromatic heterocycles. The molecule has 3 nitrogen and oxygen atoms in total. The van der Waals surface area contributed by atoms with Gasteiger partial charge in [-0.15, -0.1) is 11.8 Å². The summed E-state index contributed by atoms with van der Waals surface area (Å²) in [7, 11) is 0. The van der Waals surface area contributed by atoms with Crippen LogP contribution < -0.4 is 4.52 Å². The van der Waals surface area contributed by atoms with Crippen LogP contribution in [0.15, 0.2) is 34.6 Å². The Morgan fingerprint density at radius 3 is 2.79 bits per heavy atom. The summed E-state index contributed by atoms with van der Waals surface area (Å²) in [6.07, 6.45) is 5.95. The van der Waals surface area contributed by atoms with Crippen molar-refractivity contribution in [2.45, 2.75) is 10.2 Å². The summed E-state index contributed by atoms with van der Waals surface area (Å²) in [6.45, 7) is 0. The molecule has 0 aliphatic heterocycles. The van der Waals surface area contributed by atoms with Gasteiger partial charge < -0.3 is 0 Å². The van der Waals surface area contributed by atoms with Crippen molar-refractivity contribution in [1.82, 2.24) is 10.1 Å². The first-order valence-corrected chi connectivity index (χ1v) is 6.57. The average molecular weight is 224 g/mol. The van der Waals surface area contributed by atoms with Gasteiger partial charge >= 0.3 is 0 Å². The summed E-state index contributed by atoms with van der Waals surface area (Å²) in [5.41, 5.74) is 1.05. The minimum atomic E-state index is 0.804. The van der Waals surface area contributed by atoms with Gasteiger partial charge in [0.25, 0.3) is 10.7 Å². The highest BCUT2D eigenvalue weighted by Crippen LogP contribution is 2.17. The Balaban J connectivity index is 2.73. The number of thioether (sulfide) groups is 2. The fraction of sp³-hybridized carbons (Fsp3) is 0.222. The van der Waals surface area contributed by atoms with E-state index in [1.165, 1.54) is 0 Å². The summed E-state index contributed by atoms with van der Waals surface area (Å²) >= 11 is 3.20. The summed E-state index contributed by atoms with van der Waals surface area (Å²) in [4.78, 5) is 4.43. The lowest BCUT2D eigenvalue weighted by Gasteiger charge is -1.96. The van der Waals surface area contributed by atoms with E-state index in [0.717, 1.165) is 15.7 Å². The van der Waals surface area contributed by atoms with Crippen LogP contribution in [0, 0.1) is 0 Å². The van der Waals surface area contributed by atoms with Crippen LogP contribution in [-0.4, -0.2) is 22.6 Å². The number of aromatic nitrogens is 3. The van der Waals surface area contributed by atoms with Crippen LogP contribution in [0.5, 0.6) is 0 Å². The lowest BCUT2D eigenvalue weighted by molar-refractivity contribution is -0.588. The van der Waals surface area contributed by atoms with Crippen molar-refractivity contribution in [1.29, 1.82) is 0 Å². The van der Waals surface area contributed by atoms with Gasteiger partial charge in [-0.3, -0.25) is 0 Å². The standard InChI is InChI=1S/C9H10N3S2/c1-13-8-7-5-3-4-6-12(7)11-9(10-8)14-2/h3-6H,1-2H3/q+1. The molecular weight excluding hydrogens is 214 g/mol. The molecule has 0 N–H and O–H groups in total. The van der Waals surface area contributed by atoms with E-state index in [1.54, 1.807) is 23.5 Å². The first kappa shape index (κ1) is 9.73. The third kappa shape index (κ3) is 1.69. The Morgan fingerprint density at radius 2 is 2.07 bits per heavy atom. The highest BCUT2D eigenvalue weighted by Gasteiger charge is 2.12. The molecule has 0 saturated carbocycles. The number of hydrogen-bond acceptors (Lipinski definition) is 4. The maximum absolute atomic E-state index is 4.43. The third-order valence-corrected chi connectivity index (χ3v) is 3.05. The molecule has 5 heteroatoms. The summed E-state index contributed by atoms with van der Waals surface area (Å²) < 4.78 is 1.87. The summed E-state index contributed by atoms with van der Waals surface area (Å²) in [5.74, 6) is 0. The van der Waals surface area contributed by atoms with Gasteiger partial charge in [0.2, 0.25) is 6.20 Å². The fourth-order valence-electron chi connectivity index (χ4n) is 1.19. The molecule has 0 fully saturated rings. The zero-order chi connectivity index (χ0) is 9.97. The van der Waals surface area contributed by atoms with Crippen molar-refractivity contribution >= 4 is 29.0 Å². The number of hydrogen-bond donors (Lipinski definition) is 0.